The topological polar surface area (TPSA) is 109 Å². The van der Waals surface area contributed by atoms with Crippen LogP contribution >= 0.6 is 0 Å². The summed E-state index contributed by atoms with van der Waals surface area (Å²) in [6, 6.07) is 12.2. The summed E-state index contributed by atoms with van der Waals surface area (Å²) in [5, 5.41) is 19.8. The first-order valence-electron chi connectivity index (χ1n) is 11.3. The van der Waals surface area contributed by atoms with Crippen molar-refractivity contribution in [3.05, 3.63) is 81.3 Å². The van der Waals surface area contributed by atoms with Crippen molar-refractivity contribution >= 4 is 22.6 Å². The number of carbonyl (C=O) groups excluding carboxylic acids is 1. The number of benzene rings is 2. The number of fused-ring (bicyclic) bond motifs is 2. The van der Waals surface area contributed by atoms with Crippen LogP contribution in [0.5, 0.6) is 0 Å². The largest absolute Gasteiger partial charge is 0.352 e. The number of rotatable bonds is 5. The first-order valence-corrected chi connectivity index (χ1v) is 11.3. The molecule has 1 amide bonds. The molecule has 2 aromatic heterocycles. The summed E-state index contributed by atoms with van der Waals surface area (Å²) in [4.78, 5) is 26.9. The minimum absolute atomic E-state index is 0.00974. The monoisotopic (exact) mass is 459 g/mol. The fourth-order valence-corrected chi connectivity index (χ4v) is 4.36. The van der Waals surface area contributed by atoms with E-state index in [1.54, 1.807) is 29.2 Å². The number of aromatic amines is 1. The molecule has 172 valence electrons. The number of nitrogens with zero attached hydrogens (tertiary/aromatic N) is 5. The summed E-state index contributed by atoms with van der Waals surface area (Å²) < 4.78 is 16.7. The molecular weight excluding hydrogens is 437 g/mol. The number of carbonyl (C=O) groups is 1. The highest BCUT2D eigenvalue weighted by molar-refractivity contribution is 5.94. The van der Waals surface area contributed by atoms with Crippen molar-refractivity contribution in [1.82, 2.24) is 29.9 Å². The Labute approximate surface area is 193 Å². The summed E-state index contributed by atoms with van der Waals surface area (Å²) in [6.07, 6.45) is 2.61. The maximum Gasteiger partial charge on any atom is 0.272 e. The van der Waals surface area contributed by atoms with Crippen molar-refractivity contribution in [2.45, 2.75) is 38.4 Å². The molecule has 2 aromatic carbocycles. The second kappa shape index (κ2) is 8.05. The molecule has 4 aromatic rings. The number of hydrogen-bond donors (Lipinski definition) is 2. The van der Waals surface area contributed by atoms with Crippen LogP contribution in [0.3, 0.4) is 0 Å². The minimum atomic E-state index is -0.573. The van der Waals surface area contributed by atoms with Gasteiger partial charge in [-0.05, 0) is 36.6 Å². The molecule has 1 saturated carbocycles. The summed E-state index contributed by atoms with van der Waals surface area (Å²) in [5.74, 6) is 0.461. The van der Waals surface area contributed by atoms with Crippen molar-refractivity contribution in [1.29, 1.82) is 0 Å². The van der Waals surface area contributed by atoms with Crippen LogP contribution in [0.15, 0.2) is 47.3 Å². The molecule has 0 saturated heterocycles. The Morgan fingerprint density at radius 3 is 2.76 bits per heavy atom. The van der Waals surface area contributed by atoms with Crippen molar-refractivity contribution in [3.63, 3.8) is 0 Å². The summed E-state index contributed by atoms with van der Waals surface area (Å²) in [7, 11) is 0. The summed E-state index contributed by atoms with van der Waals surface area (Å²) >= 11 is 0. The van der Waals surface area contributed by atoms with E-state index in [1.165, 1.54) is 6.07 Å². The maximum atomic E-state index is 14.7. The molecule has 9 nitrogen and oxygen atoms in total. The van der Waals surface area contributed by atoms with E-state index in [1.807, 2.05) is 16.7 Å². The molecule has 6 rings (SSSR count). The van der Waals surface area contributed by atoms with Crippen LogP contribution in [0.1, 0.15) is 40.3 Å². The molecule has 34 heavy (non-hydrogen) atoms. The minimum Gasteiger partial charge on any atom is -0.352 e. The van der Waals surface area contributed by atoms with E-state index >= 15 is 0 Å². The van der Waals surface area contributed by atoms with Gasteiger partial charge in [-0.2, -0.15) is 5.10 Å². The van der Waals surface area contributed by atoms with Gasteiger partial charge < -0.3 is 10.2 Å². The number of hydrogen-bond acceptors (Lipinski definition) is 6. The van der Waals surface area contributed by atoms with Gasteiger partial charge in [0.05, 0.1) is 23.2 Å². The number of nitrogens with one attached hydrogen (secondary N) is 2. The lowest BCUT2D eigenvalue weighted by atomic mass is 10.0. The van der Waals surface area contributed by atoms with Gasteiger partial charge in [-0.3, -0.25) is 14.2 Å². The molecule has 1 fully saturated rings. The van der Waals surface area contributed by atoms with Crippen LogP contribution in [0, 0.1) is 5.82 Å². The average Bonchev–Trinajstić information content (AvgIpc) is 3.60. The predicted octanol–water partition coefficient (Wildman–Crippen LogP) is 2.47. The quantitative estimate of drug-likeness (QED) is 0.475. The van der Waals surface area contributed by atoms with Crippen LogP contribution in [-0.2, 0) is 19.5 Å². The van der Waals surface area contributed by atoms with Gasteiger partial charge in [0.25, 0.3) is 11.5 Å². The SMILES string of the molecule is O=C(c1cc(Cc2n[nH]c(=O)c3ccccc23)ccc1F)N1CCn2c(nnc2NC2CC2)C1. The van der Waals surface area contributed by atoms with Crippen molar-refractivity contribution < 1.29 is 9.18 Å². The number of halogens is 1. The van der Waals surface area contributed by atoms with Crippen molar-refractivity contribution in [2.75, 3.05) is 11.9 Å². The fraction of sp³-hybridized carbons (Fsp3) is 0.292. The summed E-state index contributed by atoms with van der Waals surface area (Å²) in [5.41, 5.74) is 1.13. The molecule has 0 radical (unpaired) electrons. The first-order chi connectivity index (χ1) is 16.6. The molecule has 1 aliphatic carbocycles. The lowest BCUT2D eigenvalue weighted by molar-refractivity contribution is 0.0703. The zero-order valence-electron chi connectivity index (χ0n) is 18.3. The van der Waals surface area contributed by atoms with E-state index in [9.17, 15) is 14.0 Å². The van der Waals surface area contributed by atoms with E-state index in [2.05, 4.69) is 25.7 Å². The number of amides is 1. The fourth-order valence-electron chi connectivity index (χ4n) is 4.36. The third-order valence-corrected chi connectivity index (χ3v) is 6.36. The Balaban J connectivity index is 1.25. The molecule has 0 unspecified atom stereocenters. The normalized spacial score (nSPS) is 15.4. The summed E-state index contributed by atoms with van der Waals surface area (Å²) in [6.45, 7) is 1.27. The molecule has 0 bridgehead atoms. The van der Waals surface area contributed by atoms with Gasteiger partial charge in [-0.15, -0.1) is 10.2 Å². The van der Waals surface area contributed by atoms with Crippen molar-refractivity contribution in [2.24, 2.45) is 0 Å². The molecule has 10 heteroatoms. The number of aromatic nitrogens is 5. The van der Waals surface area contributed by atoms with Crippen molar-refractivity contribution in [3.8, 4) is 0 Å². The van der Waals surface area contributed by atoms with Gasteiger partial charge in [-0.1, -0.05) is 24.3 Å². The molecule has 1 aliphatic heterocycles. The molecule has 0 atom stereocenters. The first kappa shape index (κ1) is 20.5. The number of anilines is 1. The van der Waals surface area contributed by atoms with E-state index < -0.39 is 5.82 Å². The van der Waals surface area contributed by atoms with Gasteiger partial charge in [0, 0.05) is 30.9 Å². The highest BCUT2D eigenvalue weighted by Gasteiger charge is 2.29. The van der Waals surface area contributed by atoms with E-state index in [4.69, 9.17) is 0 Å². The van der Waals surface area contributed by atoms with Crippen LogP contribution in [0.4, 0.5) is 10.3 Å². The zero-order valence-corrected chi connectivity index (χ0v) is 18.3. The third kappa shape index (κ3) is 3.70. The molecule has 3 heterocycles. The Bertz CT molecular complexity index is 1470. The van der Waals surface area contributed by atoms with Crippen LogP contribution in [-0.4, -0.2) is 48.4 Å². The zero-order chi connectivity index (χ0) is 23.2. The van der Waals surface area contributed by atoms with Gasteiger partial charge in [0.2, 0.25) is 5.95 Å². The maximum absolute atomic E-state index is 14.7. The highest BCUT2D eigenvalue weighted by Crippen LogP contribution is 2.26. The number of H-pyrrole nitrogens is 1. The van der Waals surface area contributed by atoms with E-state index in [-0.39, 0.29) is 23.6 Å². The second-order valence-electron chi connectivity index (χ2n) is 8.77. The Hall–Kier alpha value is -4.08. The predicted molar refractivity (Wildman–Crippen MR) is 123 cm³/mol. The third-order valence-electron chi connectivity index (χ3n) is 6.36. The molecule has 0 spiro atoms. The van der Waals surface area contributed by atoms with E-state index in [0.29, 0.717) is 42.5 Å². The standard InChI is InChI=1S/C24H22FN7O2/c25-19-8-5-14(12-20-16-3-1-2-4-17(16)22(33)29-27-20)11-18(19)23(34)31-9-10-32-21(13-31)28-30-24(32)26-15-6-7-15/h1-5,8,11,15H,6-7,9-10,12-13H2,(H,26,30)(H,29,33). The second-order valence-corrected chi connectivity index (χ2v) is 8.77. The average molecular weight is 459 g/mol. The van der Waals surface area contributed by atoms with Gasteiger partial charge in [-0.25, -0.2) is 9.49 Å². The van der Waals surface area contributed by atoms with Crippen LogP contribution < -0.4 is 10.9 Å². The smallest absolute Gasteiger partial charge is 0.272 e. The van der Waals surface area contributed by atoms with Gasteiger partial charge >= 0.3 is 0 Å². The molecule has 2 aliphatic rings. The molecular formula is C24H22FN7O2. The van der Waals surface area contributed by atoms with Crippen LogP contribution in [0.25, 0.3) is 10.8 Å². The Morgan fingerprint density at radius 1 is 1.12 bits per heavy atom. The Morgan fingerprint density at radius 2 is 1.94 bits per heavy atom. The lowest BCUT2D eigenvalue weighted by Crippen LogP contribution is -2.39. The van der Waals surface area contributed by atoms with Gasteiger partial charge in [0.1, 0.15) is 5.82 Å². The molecule has 2 N–H and O–H groups in total. The van der Waals surface area contributed by atoms with E-state index in [0.717, 1.165) is 29.7 Å². The van der Waals surface area contributed by atoms with Crippen LogP contribution in [0.2, 0.25) is 0 Å². The Kier molecular flexibility index (Phi) is 4.86. The van der Waals surface area contributed by atoms with Gasteiger partial charge in [0.15, 0.2) is 5.82 Å². The highest BCUT2D eigenvalue weighted by atomic mass is 19.1. The lowest BCUT2D eigenvalue weighted by Gasteiger charge is -2.28.